The smallest absolute Gasteiger partial charge is 0.266 e. The Balaban J connectivity index is 2.07. The molecule has 1 heterocycles. The number of hydrogen-bond donors (Lipinski definition) is 1. The number of nitrogen functional groups attached to an aromatic ring is 1. The van der Waals surface area contributed by atoms with Gasteiger partial charge in [-0.2, -0.15) is 0 Å². The van der Waals surface area contributed by atoms with Crippen LogP contribution in [0.15, 0.2) is 42.5 Å². The lowest BCUT2D eigenvalue weighted by atomic mass is 10.1. The molecule has 2 amide bonds. The molecule has 100 valence electrons. The molecule has 0 saturated carbocycles. The summed E-state index contributed by atoms with van der Waals surface area (Å²) in [6.07, 6.45) is 0. The van der Waals surface area contributed by atoms with E-state index >= 15 is 0 Å². The van der Waals surface area contributed by atoms with Gasteiger partial charge >= 0.3 is 0 Å². The van der Waals surface area contributed by atoms with Gasteiger partial charge in [-0.15, -0.1) is 0 Å². The first-order valence-corrected chi connectivity index (χ1v) is 6.04. The molecular weight excluding hydrogens is 256 g/mol. The largest absolute Gasteiger partial charge is 0.497 e. The van der Waals surface area contributed by atoms with Crippen molar-refractivity contribution >= 4 is 23.2 Å². The zero-order chi connectivity index (χ0) is 14.3. The molecule has 0 atom stereocenters. The Labute approximate surface area is 115 Å². The van der Waals surface area contributed by atoms with Crippen LogP contribution in [0.25, 0.3) is 0 Å². The van der Waals surface area contributed by atoms with E-state index in [1.165, 1.54) is 7.11 Å². The zero-order valence-electron chi connectivity index (χ0n) is 10.8. The van der Waals surface area contributed by atoms with Crippen molar-refractivity contribution in [2.75, 3.05) is 17.7 Å². The summed E-state index contributed by atoms with van der Waals surface area (Å²) in [6, 6.07) is 11.4. The van der Waals surface area contributed by atoms with Crippen LogP contribution in [0.3, 0.4) is 0 Å². The number of methoxy groups -OCH3 is 1. The third-order valence-corrected chi connectivity index (χ3v) is 3.25. The highest BCUT2D eigenvalue weighted by Gasteiger charge is 2.36. The fourth-order valence-electron chi connectivity index (χ4n) is 2.20. The SMILES string of the molecule is COc1ccc2c(c1)C(=O)N(c1ccc(N)cc1)C2=O. The molecular formula is C15H12N2O3. The summed E-state index contributed by atoms with van der Waals surface area (Å²) in [5.74, 6) is -0.143. The highest BCUT2D eigenvalue weighted by atomic mass is 16.5. The average molecular weight is 268 g/mol. The molecule has 0 saturated heterocycles. The molecule has 2 N–H and O–H groups in total. The average Bonchev–Trinajstić information content (AvgIpc) is 2.72. The van der Waals surface area contributed by atoms with Crippen molar-refractivity contribution in [3.8, 4) is 5.75 Å². The van der Waals surface area contributed by atoms with E-state index < -0.39 is 0 Å². The van der Waals surface area contributed by atoms with Crippen LogP contribution < -0.4 is 15.4 Å². The molecule has 1 aliphatic heterocycles. The van der Waals surface area contributed by atoms with Crippen LogP contribution in [0.4, 0.5) is 11.4 Å². The second-order valence-corrected chi connectivity index (χ2v) is 4.45. The third-order valence-electron chi connectivity index (χ3n) is 3.25. The molecule has 1 aliphatic rings. The molecule has 0 aromatic heterocycles. The van der Waals surface area contributed by atoms with Crippen LogP contribution in [-0.2, 0) is 0 Å². The number of amides is 2. The van der Waals surface area contributed by atoms with Crippen LogP contribution in [0.1, 0.15) is 20.7 Å². The molecule has 2 aromatic rings. The summed E-state index contributed by atoms with van der Waals surface area (Å²) < 4.78 is 5.08. The van der Waals surface area contributed by atoms with Crippen molar-refractivity contribution in [3.63, 3.8) is 0 Å². The normalized spacial score (nSPS) is 13.6. The molecule has 0 bridgehead atoms. The van der Waals surface area contributed by atoms with Crippen LogP contribution in [0, 0.1) is 0 Å². The van der Waals surface area contributed by atoms with Gasteiger partial charge in [-0.1, -0.05) is 0 Å². The quantitative estimate of drug-likeness (QED) is 0.668. The van der Waals surface area contributed by atoms with Gasteiger partial charge in [-0.05, 0) is 42.5 Å². The highest BCUT2D eigenvalue weighted by Crippen LogP contribution is 2.30. The van der Waals surface area contributed by atoms with Gasteiger partial charge in [0.2, 0.25) is 0 Å². The Morgan fingerprint density at radius 1 is 0.950 bits per heavy atom. The van der Waals surface area contributed by atoms with Gasteiger partial charge in [0, 0.05) is 5.69 Å². The van der Waals surface area contributed by atoms with Crippen molar-refractivity contribution < 1.29 is 14.3 Å². The number of hydrogen-bond acceptors (Lipinski definition) is 4. The molecule has 0 aliphatic carbocycles. The maximum atomic E-state index is 12.4. The number of ether oxygens (including phenoxy) is 1. The van der Waals surface area contributed by atoms with E-state index in [-0.39, 0.29) is 11.8 Å². The minimum atomic E-state index is -0.353. The summed E-state index contributed by atoms with van der Waals surface area (Å²) in [7, 11) is 1.51. The number of carbonyl (C=O) groups excluding carboxylic acids is 2. The molecule has 3 rings (SSSR count). The second-order valence-electron chi connectivity index (χ2n) is 4.45. The minimum absolute atomic E-state index is 0.336. The molecule has 0 radical (unpaired) electrons. The lowest BCUT2D eigenvalue weighted by molar-refractivity contribution is 0.0926. The zero-order valence-corrected chi connectivity index (χ0v) is 10.8. The summed E-state index contributed by atoms with van der Waals surface area (Å²) in [6.45, 7) is 0. The molecule has 0 fully saturated rings. The van der Waals surface area contributed by atoms with Gasteiger partial charge in [0.25, 0.3) is 11.8 Å². The van der Waals surface area contributed by atoms with E-state index in [2.05, 4.69) is 0 Å². The number of fused-ring (bicyclic) bond motifs is 1. The number of nitrogens with two attached hydrogens (primary N) is 1. The van der Waals surface area contributed by atoms with E-state index in [1.807, 2.05) is 0 Å². The summed E-state index contributed by atoms with van der Waals surface area (Å²) in [4.78, 5) is 25.8. The maximum Gasteiger partial charge on any atom is 0.266 e. The van der Waals surface area contributed by atoms with Crippen LogP contribution in [-0.4, -0.2) is 18.9 Å². The monoisotopic (exact) mass is 268 g/mol. The van der Waals surface area contributed by atoms with Crippen molar-refractivity contribution in [2.24, 2.45) is 0 Å². The van der Waals surface area contributed by atoms with Crippen LogP contribution in [0.5, 0.6) is 5.75 Å². The Bertz CT molecular complexity index is 708. The first kappa shape index (κ1) is 12.2. The highest BCUT2D eigenvalue weighted by molar-refractivity contribution is 6.34. The van der Waals surface area contributed by atoms with E-state index in [1.54, 1.807) is 42.5 Å². The summed E-state index contributed by atoms with van der Waals surface area (Å²) in [5, 5.41) is 0. The van der Waals surface area contributed by atoms with Gasteiger partial charge in [0.1, 0.15) is 5.75 Å². The number of anilines is 2. The number of imide groups is 1. The Morgan fingerprint density at radius 3 is 2.25 bits per heavy atom. The predicted octanol–water partition coefficient (Wildman–Crippen LogP) is 2.08. The van der Waals surface area contributed by atoms with E-state index in [0.717, 1.165) is 4.90 Å². The minimum Gasteiger partial charge on any atom is -0.497 e. The van der Waals surface area contributed by atoms with Crippen molar-refractivity contribution in [2.45, 2.75) is 0 Å². The number of nitrogens with zero attached hydrogens (tertiary/aromatic N) is 1. The fourth-order valence-corrected chi connectivity index (χ4v) is 2.20. The van der Waals surface area contributed by atoms with Gasteiger partial charge < -0.3 is 10.5 Å². The van der Waals surface area contributed by atoms with Crippen LogP contribution >= 0.6 is 0 Å². The molecule has 20 heavy (non-hydrogen) atoms. The fraction of sp³-hybridized carbons (Fsp3) is 0.0667. The van der Waals surface area contributed by atoms with Crippen LogP contribution in [0.2, 0.25) is 0 Å². The van der Waals surface area contributed by atoms with Crippen molar-refractivity contribution in [1.82, 2.24) is 0 Å². The second kappa shape index (κ2) is 4.38. The molecule has 2 aromatic carbocycles. The lowest BCUT2D eigenvalue weighted by Gasteiger charge is -2.13. The van der Waals surface area contributed by atoms with Crippen molar-refractivity contribution in [1.29, 1.82) is 0 Å². The maximum absolute atomic E-state index is 12.4. The lowest BCUT2D eigenvalue weighted by Crippen LogP contribution is -2.29. The predicted molar refractivity (Wildman–Crippen MR) is 75.0 cm³/mol. The van der Waals surface area contributed by atoms with E-state index in [0.29, 0.717) is 28.3 Å². The molecule has 0 spiro atoms. The van der Waals surface area contributed by atoms with E-state index in [9.17, 15) is 9.59 Å². The van der Waals surface area contributed by atoms with Crippen molar-refractivity contribution in [3.05, 3.63) is 53.6 Å². The van der Waals surface area contributed by atoms with Gasteiger partial charge in [-0.3, -0.25) is 9.59 Å². The van der Waals surface area contributed by atoms with E-state index in [4.69, 9.17) is 10.5 Å². The number of carbonyl (C=O) groups is 2. The first-order valence-electron chi connectivity index (χ1n) is 6.04. The first-order chi connectivity index (χ1) is 9.61. The third kappa shape index (κ3) is 1.72. The Morgan fingerprint density at radius 2 is 1.60 bits per heavy atom. The number of benzene rings is 2. The topological polar surface area (TPSA) is 72.6 Å². The van der Waals surface area contributed by atoms with Gasteiger partial charge in [0.05, 0.1) is 23.9 Å². The Kier molecular flexibility index (Phi) is 2.68. The number of rotatable bonds is 2. The Hall–Kier alpha value is -2.82. The molecule has 5 nitrogen and oxygen atoms in total. The summed E-state index contributed by atoms with van der Waals surface area (Å²) >= 11 is 0. The standard InChI is InChI=1S/C15H12N2O3/c1-20-11-6-7-12-13(8-11)15(19)17(14(12)18)10-4-2-9(16)3-5-10/h2-8H,16H2,1H3. The van der Waals surface area contributed by atoms with Gasteiger partial charge in [-0.25, -0.2) is 4.90 Å². The molecule has 5 heteroatoms. The molecule has 0 unspecified atom stereocenters. The summed E-state index contributed by atoms with van der Waals surface area (Å²) in [5.41, 5.74) is 7.43. The van der Waals surface area contributed by atoms with Gasteiger partial charge in [0.15, 0.2) is 0 Å².